The molecule has 1 saturated heterocycles. The summed E-state index contributed by atoms with van der Waals surface area (Å²) in [4.78, 5) is 11.0. The number of nitrogens with one attached hydrogen (secondary N) is 1. The predicted molar refractivity (Wildman–Crippen MR) is 64.3 cm³/mol. The Morgan fingerprint density at radius 2 is 2.27 bits per heavy atom. The van der Waals surface area contributed by atoms with Crippen LogP contribution in [0.5, 0.6) is 0 Å². The molecule has 0 saturated carbocycles. The van der Waals surface area contributed by atoms with E-state index in [1.807, 2.05) is 0 Å². The van der Waals surface area contributed by atoms with Crippen LogP contribution in [0.25, 0.3) is 0 Å². The Kier molecular flexibility index (Phi) is 4.79. The van der Waals surface area contributed by atoms with Crippen LogP contribution in [0, 0.1) is 0 Å². The Morgan fingerprint density at radius 1 is 1.53 bits per heavy atom. The first-order valence-electron chi connectivity index (χ1n) is 5.97. The van der Waals surface area contributed by atoms with E-state index in [2.05, 4.69) is 25.3 Å². The lowest BCUT2D eigenvalue weighted by atomic mass is 10.2. The van der Waals surface area contributed by atoms with Crippen LogP contribution in [0.1, 0.15) is 32.6 Å². The van der Waals surface area contributed by atoms with Crippen molar-refractivity contribution in [3.8, 4) is 0 Å². The highest BCUT2D eigenvalue weighted by atomic mass is 28.4. The number of rotatable bonds is 6. The molecule has 1 fully saturated rings. The van der Waals surface area contributed by atoms with Crippen LogP contribution >= 0.6 is 0 Å². The van der Waals surface area contributed by atoms with Gasteiger partial charge in [-0.25, -0.2) is 0 Å². The molecule has 0 aromatic heterocycles. The van der Waals surface area contributed by atoms with E-state index in [4.69, 9.17) is 4.43 Å². The van der Waals surface area contributed by atoms with Gasteiger partial charge in [0.15, 0.2) is 8.32 Å². The summed E-state index contributed by atoms with van der Waals surface area (Å²) in [6.07, 6.45) is 4.11. The van der Waals surface area contributed by atoms with E-state index < -0.39 is 8.32 Å². The van der Waals surface area contributed by atoms with Crippen molar-refractivity contribution in [1.29, 1.82) is 0 Å². The minimum Gasteiger partial charge on any atom is -0.415 e. The molecular weight excluding hydrogens is 206 g/mol. The molecule has 0 aromatic rings. The number of hydrogen-bond acceptors (Lipinski definition) is 2. The summed E-state index contributed by atoms with van der Waals surface area (Å²) in [7, 11) is -1.47. The van der Waals surface area contributed by atoms with Gasteiger partial charge in [0.25, 0.3) is 0 Å². The Morgan fingerprint density at radius 3 is 2.80 bits per heavy atom. The SMILES string of the molecule is CCCC[Si](C)(C)OC[C@H]1CCC(=O)N1. The number of amides is 1. The van der Waals surface area contributed by atoms with Crippen molar-refractivity contribution in [2.24, 2.45) is 0 Å². The summed E-state index contributed by atoms with van der Waals surface area (Å²) in [6, 6.07) is 1.50. The molecule has 15 heavy (non-hydrogen) atoms. The van der Waals surface area contributed by atoms with E-state index in [0.717, 1.165) is 6.42 Å². The van der Waals surface area contributed by atoms with Gasteiger partial charge in [0.1, 0.15) is 0 Å². The van der Waals surface area contributed by atoms with Crippen molar-refractivity contribution < 1.29 is 9.22 Å². The van der Waals surface area contributed by atoms with E-state index >= 15 is 0 Å². The average molecular weight is 229 g/mol. The number of hydrogen-bond donors (Lipinski definition) is 1. The van der Waals surface area contributed by atoms with Crippen LogP contribution in [0.15, 0.2) is 0 Å². The van der Waals surface area contributed by atoms with Gasteiger partial charge in [0.05, 0.1) is 12.6 Å². The molecule has 1 aliphatic heterocycles. The van der Waals surface area contributed by atoms with Crippen molar-refractivity contribution >= 4 is 14.2 Å². The quantitative estimate of drug-likeness (QED) is 0.710. The predicted octanol–water partition coefficient (Wildman–Crippen LogP) is 2.29. The first kappa shape index (κ1) is 12.7. The molecule has 1 amide bonds. The third kappa shape index (κ3) is 4.80. The van der Waals surface area contributed by atoms with E-state index in [0.29, 0.717) is 13.0 Å². The lowest BCUT2D eigenvalue weighted by molar-refractivity contribution is -0.119. The summed E-state index contributed by atoms with van der Waals surface area (Å²) in [5.74, 6) is 0.177. The maximum atomic E-state index is 11.0. The fourth-order valence-electron chi connectivity index (χ4n) is 1.80. The Balaban J connectivity index is 2.20. The van der Waals surface area contributed by atoms with Gasteiger partial charge >= 0.3 is 0 Å². The smallest absolute Gasteiger partial charge is 0.220 e. The van der Waals surface area contributed by atoms with Crippen molar-refractivity contribution in [3.63, 3.8) is 0 Å². The fraction of sp³-hybridized carbons (Fsp3) is 0.909. The van der Waals surface area contributed by atoms with Crippen LogP contribution in [-0.2, 0) is 9.22 Å². The molecule has 0 bridgehead atoms. The lowest BCUT2D eigenvalue weighted by Gasteiger charge is -2.24. The van der Waals surface area contributed by atoms with Gasteiger partial charge in [0.2, 0.25) is 5.91 Å². The maximum absolute atomic E-state index is 11.0. The van der Waals surface area contributed by atoms with Crippen LogP contribution in [0.2, 0.25) is 19.1 Å². The van der Waals surface area contributed by atoms with E-state index in [-0.39, 0.29) is 11.9 Å². The zero-order valence-corrected chi connectivity index (χ0v) is 11.1. The third-order valence-electron chi connectivity index (χ3n) is 2.89. The molecular formula is C11H23NO2Si. The van der Waals surface area contributed by atoms with Gasteiger partial charge in [-0.1, -0.05) is 19.8 Å². The van der Waals surface area contributed by atoms with Crippen LogP contribution in [-0.4, -0.2) is 26.9 Å². The molecule has 0 aliphatic carbocycles. The van der Waals surface area contributed by atoms with E-state index in [1.54, 1.807) is 0 Å². The Bertz CT molecular complexity index is 219. The third-order valence-corrected chi connectivity index (χ3v) is 5.40. The number of carbonyl (C=O) groups excluding carboxylic acids is 1. The summed E-state index contributed by atoms with van der Waals surface area (Å²) in [5.41, 5.74) is 0. The summed E-state index contributed by atoms with van der Waals surface area (Å²) >= 11 is 0. The lowest BCUT2D eigenvalue weighted by Crippen LogP contribution is -2.37. The summed E-state index contributed by atoms with van der Waals surface area (Å²) in [6.45, 7) is 7.45. The number of carbonyl (C=O) groups is 1. The average Bonchev–Trinajstić information content (AvgIpc) is 2.59. The number of unbranched alkanes of at least 4 members (excludes halogenated alkanes) is 1. The Labute approximate surface area is 93.7 Å². The van der Waals surface area contributed by atoms with Gasteiger partial charge in [-0.3, -0.25) is 4.79 Å². The maximum Gasteiger partial charge on any atom is 0.220 e. The molecule has 0 unspecified atom stereocenters. The molecule has 1 aliphatic rings. The monoisotopic (exact) mass is 229 g/mol. The minimum absolute atomic E-state index is 0.177. The first-order chi connectivity index (χ1) is 7.03. The normalized spacial score (nSPS) is 21.8. The molecule has 3 nitrogen and oxygen atoms in total. The molecule has 1 atom stereocenters. The zero-order chi connectivity index (χ0) is 11.3. The van der Waals surface area contributed by atoms with Crippen molar-refractivity contribution in [2.75, 3.05) is 6.61 Å². The van der Waals surface area contributed by atoms with Gasteiger partial charge in [-0.15, -0.1) is 0 Å². The van der Waals surface area contributed by atoms with Crippen LogP contribution in [0.4, 0.5) is 0 Å². The highest BCUT2D eigenvalue weighted by molar-refractivity contribution is 6.71. The standard InChI is InChI=1S/C11H23NO2Si/c1-4-5-8-15(2,3)14-9-10-6-7-11(13)12-10/h10H,4-9H2,1-3H3,(H,12,13)/t10-/m1/s1. The summed E-state index contributed by atoms with van der Waals surface area (Å²) in [5, 5.41) is 2.94. The second-order valence-electron chi connectivity index (χ2n) is 4.98. The minimum atomic E-state index is -1.47. The van der Waals surface area contributed by atoms with Crippen molar-refractivity contribution in [2.45, 2.75) is 57.8 Å². The van der Waals surface area contributed by atoms with Crippen molar-refractivity contribution in [3.05, 3.63) is 0 Å². The Hall–Kier alpha value is -0.353. The second kappa shape index (κ2) is 5.65. The largest absolute Gasteiger partial charge is 0.415 e. The first-order valence-corrected chi connectivity index (χ1v) is 9.08. The van der Waals surface area contributed by atoms with E-state index in [9.17, 15) is 4.79 Å². The fourth-order valence-corrected chi connectivity index (χ4v) is 3.80. The second-order valence-corrected chi connectivity index (χ2v) is 9.29. The van der Waals surface area contributed by atoms with Gasteiger partial charge in [-0.2, -0.15) is 0 Å². The van der Waals surface area contributed by atoms with Gasteiger partial charge in [0, 0.05) is 6.42 Å². The van der Waals surface area contributed by atoms with Crippen molar-refractivity contribution in [1.82, 2.24) is 5.32 Å². The highest BCUT2D eigenvalue weighted by Gasteiger charge is 2.26. The topological polar surface area (TPSA) is 38.3 Å². The zero-order valence-electron chi connectivity index (χ0n) is 10.1. The molecule has 0 radical (unpaired) electrons. The molecule has 0 spiro atoms. The molecule has 0 aromatic carbocycles. The highest BCUT2D eigenvalue weighted by Crippen LogP contribution is 2.17. The van der Waals surface area contributed by atoms with Crippen LogP contribution in [0.3, 0.4) is 0 Å². The van der Waals surface area contributed by atoms with Gasteiger partial charge < -0.3 is 9.74 Å². The van der Waals surface area contributed by atoms with Gasteiger partial charge in [-0.05, 0) is 25.6 Å². The van der Waals surface area contributed by atoms with E-state index in [1.165, 1.54) is 18.9 Å². The summed E-state index contributed by atoms with van der Waals surface area (Å²) < 4.78 is 5.99. The molecule has 88 valence electrons. The van der Waals surface area contributed by atoms with Crippen LogP contribution < -0.4 is 5.32 Å². The molecule has 1 rings (SSSR count). The molecule has 1 heterocycles. The molecule has 4 heteroatoms. The molecule has 1 N–H and O–H groups in total.